The molecule has 2 aromatic carbocycles. The van der Waals surface area contributed by atoms with E-state index in [0.29, 0.717) is 0 Å². The second-order valence-corrected chi connectivity index (χ2v) is 6.59. The highest BCUT2D eigenvalue weighted by Crippen LogP contribution is 2.26. The number of hydrogen-bond donors (Lipinski definition) is 1. The van der Waals surface area contributed by atoms with Gasteiger partial charge in [0.05, 0.1) is 16.7 Å². The Morgan fingerprint density at radius 3 is 2.63 bits per heavy atom. The first-order chi connectivity index (χ1) is 13.0. The molecule has 0 spiro atoms. The van der Waals surface area contributed by atoms with Crippen molar-refractivity contribution in [3.05, 3.63) is 77.2 Å². The lowest BCUT2D eigenvalue weighted by Crippen LogP contribution is -2.04. The number of pyridine rings is 1. The average Bonchev–Trinajstić information content (AvgIpc) is 3.10. The molecule has 4 rings (SSSR count). The van der Waals surface area contributed by atoms with Crippen LogP contribution in [0.3, 0.4) is 0 Å². The number of nitrogens with zero attached hydrogens (tertiary/aromatic N) is 3. The molecule has 0 aliphatic heterocycles. The number of fused-ring (bicyclic) bond motifs is 1. The van der Waals surface area contributed by atoms with Gasteiger partial charge in [-0.05, 0) is 36.4 Å². The lowest BCUT2D eigenvalue weighted by molar-refractivity contribution is 0.588. The van der Waals surface area contributed by atoms with Gasteiger partial charge >= 0.3 is 0 Å². The molecule has 7 heteroatoms. The van der Waals surface area contributed by atoms with Gasteiger partial charge in [-0.2, -0.15) is 5.10 Å². The Morgan fingerprint density at radius 2 is 1.85 bits per heavy atom. The largest absolute Gasteiger partial charge is 0.381 e. The Morgan fingerprint density at radius 1 is 1.04 bits per heavy atom. The molecule has 2 heterocycles. The number of benzene rings is 2. The molecule has 136 valence electrons. The number of aryl methyl sites for hydroxylation is 1. The van der Waals surface area contributed by atoms with Crippen LogP contribution in [0.25, 0.3) is 22.0 Å². The van der Waals surface area contributed by atoms with E-state index in [-0.39, 0.29) is 17.1 Å². The van der Waals surface area contributed by atoms with Crippen LogP contribution in [0.5, 0.6) is 0 Å². The monoisotopic (exact) mass is 384 g/mol. The predicted molar refractivity (Wildman–Crippen MR) is 103 cm³/mol. The fraction of sp³-hybridized carbons (Fsp3) is 0.100. The van der Waals surface area contributed by atoms with Crippen molar-refractivity contribution < 1.29 is 8.78 Å². The number of rotatable bonds is 4. The highest BCUT2D eigenvalue weighted by atomic mass is 35.5. The molecule has 0 bridgehead atoms. The molecule has 1 N–H and O–H groups in total. The topological polar surface area (TPSA) is 42.7 Å². The zero-order chi connectivity index (χ0) is 19.0. The van der Waals surface area contributed by atoms with E-state index < -0.39 is 11.6 Å². The van der Waals surface area contributed by atoms with Crippen molar-refractivity contribution >= 4 is 28.2 Å². The molecule has 27 heavy (non-hydrogen) atoms. The number of hydrogen-bond acceptors (Lipinski definition) is 3. The molecule has 0 atom stereocenters. The molecule has 0 saturated carbocycles. The maximum Gasteiger partial charge on any atom is 0.142 e. The lowest BCUT2D eigenvalue weighted by Gasteiger charge is -2.11. The summed E-state index contributed by atoms with van der Waals surface area (Å²) < 4.78 is 29.2. The van der Waals surface area contributed by atoms with Gasteiger partial charge < -0.3 is 5.32 Å². The molecule has 0 aliphatic carbocycles. The van der Waals surface area contributed by atoms with Gasteiger partial charge in [0.1, 0.15) is 11.6 Å². The van der Waals surface area contributed by atoms with Crippen molar-refractivity contribution in [2.24, 2.45) is 7.05 Å². The Balaban J connectivity index is 1.62. The van der Waals surface area contributed by atoms with Gasteiger partial charge in [0.2, 0.25) is 0 Å². The fourth-order valence-corrected chi connectivity index (χ4v) is 3.11. The summed E-state index contributed by atoms with van der Waals surface area (Å²) >= 11 is 5.88. The van der Waals surface area contributed by atoms with Gasteiger partial charge in [0, 0.05) is 53.8 Å². The minimum atomic E-state index is -0.640. The van der Waals surface area contributed by atoms with E-state index in [0.717, 1.165) is 39.8 Å². The highest BCUT2D eigenvalue weighted by molar-refractivity contribution is 6.31. The molecule has 0 unspecified atom stereocenters. The van der Waals surface area contributed by atoms with E-state index in [9.17, 15) is 8.78 Å². The average molecular weight is 385 g/mol. The molecule has 4 nitrogen and oxygen atoms in total. The second kappa shape index (κ2) is 6.96. The third kappa shape index (κ3) is 3.48. The zero-order valence-electron chi connectivity index (χ0n) is 14.4. The van der Waals surface area contributed by atoms with E-state index >= 15 is 0 Å². The summed E-state index contributed by atoms with van der Waals surface area (Å²) in [5.41, 5.74) is 3.61. The summed E-state index contributed by atoms with van der Waals surface area (Å²) in [6.45, 7) is 0.0731. The molecule has 0 fully saturated rings. The van der Waals surface area contributed by atoms with E-state index in [4.69, 9.17) is 11.6 Å². The molecule has 0 amide bonds. The first-order valence-electron chi connectivity index (χ1n) is 8.26. The maximum atomic E-state index is 13.9. The normalized spacial score (nSPS) is 11.1. The van der Waals surface area contributed by atoms with E-state index in [1.165, 1.54) is 0 Å². The summed E-state index contributed by atoms with van der Waals surface area (Å²) in [6, 6.07) is 9.72. The minimum Gasteiger partial charge on any atom is -0.381 e. The number of nitrogens with one attached hydrogen (secondary N) is 1. The lowest BCUT2D eigenvalue weighted by atomic mass is 10.1. The first-order valence-corrected chi connectivity index (χ1v) is 8.64. The Bertz CT molecular complexity index is 1140. The van der Waals surface area contributed by atoms with Crippen LogP contribution >= 0.6 is 11.6 Å². The van der Waals surface area contributed by atoms with Crippen LogP contribution in [-0.4, -0.2) is 14.8 Å². The van der Waals surface area contributed by atoms with Crippen molar-refractivity contribution in [3.63, 3.8) is 0 Å². The van der Waals surface area contributed by atoms with Crippen LogP contribution in [0.2, 0.25) is 5.02 Å². The fourth-order valence-electron chi connectivity index (χ4n) is 2.89. The van der Waals surface area contributed by atoms with Crippen molar-refractivity contribution in [1.82, 2.24) is 14.8 Å². The van der Waals surface area contributed by atoms with E-state index in [1.807, 2.05) is 37.5 Å². The summed E-state index contributed by atoms with van der Waals surface area (Å²) in [7, 11) is 1.86. The molecule has 0 aliphatic rings. The van der Waals surface area contributed by atoms with E-state index in [1.54, 1.807) is 17.1 Å². The van der Waals surface area contributed by atoms with Crippen molar-refractivity contribution in [3.8, 4) is 11.1 Å². The highest BCUT2D eigenvalue weighted by Gasteiger charge is 2.12. The standard InChI is InChI=1S/C20H15ClF2N4/c1-27-11-14(9-26-27)13-6-12-7-15(2-5-19(12)25-8-13)24-10-16-17(22)3-4-18(23)20(16)21/h2-9,11,24H,10H2,1H3. The smallest absolute Gasteiger partial charge is 0.142 e. The Hall–Kier alpha value is -2.99. The summed E-state index contributed by atoms with van der Waals surface area (Å²) in [5, 5.41) is 7.98. The number of anilines is 1. The van der Waals surface area contributed by atoms with Gasteiger partial charge in [-0.3, -0.25) is 9.67 Å². The van der Waals surface area contributed by atoms with Crippen LogP contribution in [0.1, 0.15) is 5.56 Å². The predicted octanol–water partition coefficient (Wildman–Crippen LogP) is 5.18. The zero-order valence-corrected chi connectivity index (χ0v) is 15.1. The van der Waals surface area contributed by atoms with E-state index in [2.05, 4.69) is 15.4 Å². The van der Waals surface area contributed by atoms with Crippen molar-refractivity contribution in [2.45, 2.75) is 6.54 Å². The molecule has 0 radical (unpaired) electrons. The summed E-state index contributed by atoms with van der Waals surface area (Å²) in [5.74, 6) is -1.19. The SMILES string of the molecule is Cn1cc(-c2cnc3ccc(NCc4c(F)ccc(F)c4Cl)cc3c2)cn1. The van der Waals surface area contributed by atoms with Gasteiger partial charge in [-0.15, -0.1) is 0 Å². The minimum absolute atomic E-state index is 0.0731. The molecular formula is C20H15ClF2N4. The van der Waals surface area contributed by atoms with Crippen LogP contribution in [0.15, 0.2) is 55.0 Å². The second-order valence-electron chi connectivity index (χ2n) is 6.21. The van der Waals surface area contributed by atoms with Gasteiger partial charge in [0.15, 0.2) is 0 Å². The molecule has 4 aromatic rings. The summed E-state index contributed by atoms with van der Waals surface area (Å²) in [4.78, 5) is 4.47. The first kappa shape index (κ1) is 17.4. The third-order valence-electron chi connectivity index (χ3n) is 4.33. The summed E-state index contributed by atoms with van der Waals surface area (Å²) in [6.07, 6.45) is 5.49. The van der Waals surface area contributed by atoms with Gasteiger partial charge in [-0.25, -0.2) is 8.78 Å². The van der Waals surface area contributed by atoms with Gasteiger partial charge in [-0.1, -0.05) is 11.6 Å². The number of halogens is 3. The van der Waals surface area contributed by atoms with Crippen LogP contribution in [-0.2, 0) is 13.6 Å². The van der Waals surface area contributed by atoms with Crippen LogP contribution < -0.4 is 5.32 Å². The maximum absolute atomic E-state index is 13.9. The Labute approximate surface area is 159 Å². The van der Waals surface area contributed by atoms with Crippen LogP contribution in [0.4, 0.5) is 14.5 Å². The Kier molecular flexibility index (Phi) is 4.49. The quantitative estimate of drug-likeness (QED) is 0.493. The third-order valence-corrected chi connectivity index (χ3v) is 4.74. The van der Waals surface area contributed by atoms with Crippen molar-refractivity contribution in [2.75, 3.05) is 5.32 Å². The van der Waals surface area contributed by atoms with Gasteiger partial charge in [0.25, 0.3) is 0 Å². The molecular weight excluding hydrogens is 370 g/mol. The molecule has 0 saturated heterocycles. The number of aromatic nitrogens is 3. The van der Waals surface area contributed by atoms with Crippen molar-refractivity contribution in [1.29, 1.82) is 0 Å². The molecule has 2 aromatic heterocycles. The van der Waals surface area contributed by atoms with Crippen LogP contribution in [0, 0.1) is 11.6 Å².